The van der Waals surface area contributed by atoms with Crippen LogP contribution < -0.4 is 10.5 Å². The molecule has 1 aromatic heterocycles. The van der Waals surface area contributed by atoms with Crippen LogP contribution in [0.1, 0.15) is 16.8 Å². The molecule has 0 saturated heterocycles. The van der Waals surface area contributed by atoms with Gasteiger partial charge in [0.2, 0.25) is 10.0 Å². The summed E-state index contributed by atoms with van der Waals surface area (Å²) in [4.78, 5) is 4.11. The number of nitrogens with one attached hydrogen (secondary N) is 1. The fourth-order valence-corrected chi connectivity index (χ4v) is 3.63. The Balaban J connectivity index is 2.13. The summed E-state index contributed by atoms with van der Waals surface area (Å²) in [5, 5.41) is 1.86. The first kappa shape index (κ1) is 16.0. The number of thiazole rings is 1. The average molecular weight is 329 g/mol. The molecule has 2 aromatic rings. The van der Waals surface area contributed by atoms with E-state index in [-0.39, 0.29) is 29.1 Å². The predicted molar refractivity (Wildman–Crippen MR) is 80.0 cm³/mol. The number of aryl methyl sites for hydroxylation is 1. The normalized spacial score (nSPS) is 11.8. The first-order valence-corrected chi connectivity index (χ1v) is 8.72. The Morgan fingerprint density at radius 1 is 1.43 bits per heavy atom. The van der Waals surface area contributed by atoms with Crippen LogP contribution in [0.5, 0.6) is 0 Å². The summed E-state index contributed by atoms with van der Waals surface area (Å²) >= 11 is 1.46. The van der Waals surface area contributed by atoms with Gasteiger partial charge in [0.15, 0.2) is 0 Å². The van der Waals surface area contributed by atoms with Gasteiger partial charge in [0, 0.05) is 30.5 Å². The zero-order valence-electron chi connectivity index (χ0n) is 11.5. The number of nitrogens with two attached hydrogens (primary N) is 1. The molecule has 0 spiro atoms. The van der Waals surface area contributed by atoms with Crippen LogP contribution in [0.15, 0.2) is 27.9 Å². The van der Waals surface area contributed by atoms with Gasteiger partial charge in [-0.3, -0.25) is 0 Å². The lowest BCUT2D eigenvalue weighted by Gasteiger charge is -2.10. The van der Waals surface area contributed by atoms with Crippen molar-refractivity contribution in [1.82, 2.24) is 9.71 Å². The molecule has 3 N–H and O–H groups in total. The maximum absolute atomic E-state index is 13.7. The van der Waals surface area contributed by atoms with Crippen LogP contribution in [-0.4, -0.2) is 19.9 Å². The number of rotatable bonds is 6. The van der Waals surface area contributed by atoms with Crippen molar-refractivity contribution in [2.45, 2.75) is 24.8 Å². The van der Waals surface area contributed by atoms with Gasteiger partial charge in [0.05, 0.1) is 16.1 Å². The second-order valence-electron chi connectivity index (χ2n) is 4.54. The molecule has 0 atom stereocenters. The second-order valence-corrected chi connectivity index (χ2v) is 7.03. The summed E-state index contributed by atoms with van der Waals surface area (Å²) in [7, 11) is -3.68. The Hall–Kier alpha value is -1.35. The lowest BCUT2D eigenvalue weighted by molar-refractivity contribution is 0.577. The van der Waals surface area contributed by atoms with Gasteiger partial charge >= 0.3 is 0 Å². The Labute approximate surface area is 127 Å². The lowest BCUT2D eigenvalue weighted by Crippen LogP contribution is -2.26. The minimum absolute atomic E-state index is 0.0279. The van der Waals surface area contributed by atoms with E-state index < -0.39 is 15.8 Å². The van der Waals surface area contributed by atoms with E-state index in [0.29, 0.717) is 6.42 Å². The highest BCUT2D eigenvalue weighted by molar-refractivity contribution is 7.89. The third kappa shape index (κ3) is 3.85. The van der Waals surface area contributed by atoms with Crippen LogP contribution in [-0.2, 0) is 23.0 Å². The molecule has 8 heteroatoms. The molecule has 1 heterocycles. The molecule has 0 aliphatic carbocycles. The molecule has 0 amide bonds. The molecular formula is C13H16FN3O2S2. The summed E-state index contributed by atoms with van der Waals surface area (Å²) in [5.41, 5.74) is 8.41. The van der Waals surface area contributed by atoms with E-state index in [0.717, 1.165) is 5.69 Å². The molecular weight excluding hydrogens is 313 g/mol. The van der Waals surface area contributed by atoms with Crippen molar-refractivity contribution < 1.29 is 12.8 Å². The molecule has 0 bridgehead atoms. The molecule has 0 saturated carbocycles. The first-order chi connectivity index (χ1) is 9.94. The molecule has 1 aromatic carbocycles. The summed E-state index contributed by atoms with van der Waals surface area (Å²) in [6.07, 6.45) is 0.507. The molecule has 21 heavy (non-hydrogen) atoms. The topological polar surface area (TPSA) is 85.1 Å². The van der Waals surface area contributed by atoms with Crippen LogP contribution in [0.25, 0.3) is 0 Å². The third-order valence-electron chi connectivity index (χ3n) is 2.99. The van der Waals surface area contributed by atoms with E-state index >= 15 is 0 Å². The number of sulfonamides is 1. The molecule has 0 fully saturated rings. The van der Waals surface area contributed by atoms with E-state index in [1.54, 1.807) is 5.51 Å². The van der Waals surface area contributed by atoms with Crippen LogP contribution in [0.4, 0.5) is 4.39 Å². The van der Waals surface area contributed by atoms with Crippen molar-refractivity contribution in [3.05, 3.63) is 45.7 Å². The Morgan fingerprint density at radius 2 is 2.19 bits per heavy atom. The van der Waals surface area contributed by atoms with Gasteiger partial charge < -0.3 is 5.73 Å². The van der Waals surface area contributed by atoms with E-state index in [2.05, 4.69) is 9.71 Å². The highest BCUT2D eigenvalue weighted by Crippen LogP contribution is 2.19. The summed E-state index contributed by atoms with van der Waals surface area (Å²) in [6.45, 7) is 1.71. The number of hydrogen-bond donors (Lipinski definition) is 2. The van der Waals surface area contributed by atoms with Gasteiger partial charge in [-0.05, 0) is 24.6 Å². The average Bonchev–Trinajstić information content (AvgIpc) is 2.94. The second kappa shape index (κ2) is 6.61. The van der Waals surface area contributed by atoms with Crippen molar-refractivity contribution in [1.29, 1.82) is 0 Å². The molecule has 0 unspecified atom stereocenters. The van der Waals surface area contributed by atoms with Crippen molar-refractivity contribution in [2.75, 3.05) is 6.54 Å². The largest absolute Gasteiger partial charge is 0.326 e. The Bertz CT molecular complexity index is 715. The Morgan fingerprint density at radius 3 is 2.81 bits per heavy atom. The minimum Gasteiger partial charge on any atom is -0.326 e. The van der Waals surface area contributed by atoms with Crippen molar-refractivity contribution in [2.24, 2.45) is 5.73 Å². The maximum atomic E-state index is 13.7. The van der Waals surface area contributed by atoms with Gasteiger partial charge in [0.1, 0.15) is 5.82 Å². The molecule has 2 rings (SSSR count). The molecule has 5 nitrogen and oxygen atoms in total. The minimum atomic E-state index is -3.68. The van der Waals surface area contributed by atoms with Gasteiger partial charge in [-0.1, -0.05) is 0 Å². The number of benzene rings is 1. The maximum Gasteiger partial charge on any atom is 0.240 e. The quantitative estimate of drug-likeness (QED) is 0.842. The molecule has 0 radical (unpaired) electrons. The standard InChI is InChI=1S/C13H16FN3O2S2/c1-9-4-12(5-10(6-15)13(9)14)21(18,19)17-3-2-11-7-20-8-16-11/h4-5,7-8,17H,2-3,6,15H2,1H3. The monoisotopic (exact) mass is 329 g/mol. The van der Waals surface area contributed by atoms with Crippen LogP contribution in [0, 0.1) is 12.7 Å². The third-order valence-corrected chi connectivity index (χ3v) is 5.07. The predicted octanol–water partition coefficient (Wildman–Crippen LogP) is 1.57. The smallest absolute Gasteiger partial charge is 0.240 e. The van der Waals surface area contributed by atoms with Crippen molar-refractivity contribution in [3.8, 4) is 0 Å². The van der Waals surface area contributed by atoms with E-state index in [1.165, 1.54) is 30.4 Å². The SMILES string of the molecule is Cc1cc(S(=O)(=O)NCCc2cscn2)cc(CN)c1F. The lowest BCUT2D eigenvalue weighted by atomic mass is 10.1. The van der Waals surface area contributed by atoms with Gasteiger partial charge in [-0.2, -0.15) is 0 Å². The van der Waals surface area contributed by atoms with E-state index in [9.17, 15) is 12.8 Å². The highest BCUT2D eigenvalue weighted by atomic mass is 32.2. The van der Waals surface area contributed by atoms with Gasteiger partial charge in [0.25, 0.3) is 0 Å². The van der Waals surface area contributed by atoms with Crippen LogP contribution in [0.2, 0.25) is 0 Å². The molecule has 0 aliphatic rings. The Kier molecular flexibility index (Phi) is 5.04. The number of hydrogen-bond acceptors (Lipinski definition) is 5. The number of halogens is 1. The molecule has 0 aliphatic heterocycles. The van der Waals surface area contributed by atoms with E-state index in [1.807, 2.05) is 5.38 Å². The summed E-state index contributed by atoms with van der Waals surface area (Å²) in [5.74, 6) is -0.459. The van der Waals surface area contributed by atoms with E-state index in [4.69, 9.17) is 5.73 Å². The summed E-state index contributed by atoms with van der Waals surface area (Å²) in [6, 6.07) is 2.58. The van der Waals surface area contributed by atoms with Crippen LogP contribution in [0.3, 0.4) is 0 Å². The number of aromatic nitrogens is 1. The fraction of sp³-hybridized carbons (Fsp3) is 0.308. The number of nitrogens with zero attached hydrogens (tertiary/aromatic N) is 1. The zero-order valence-corrected chi connectivity index (χ0v) is 13.1. The fourth-order valence-electron chi connectivity index (χ4n) is 1.87. The van der Waals surface area contributed by atoms with Gasteiger partial charge in [-0.25, -0.2) is 22.5 Å². The van der Waals surface area contributed by atoms with Crippen molar-refractivity contribution in [3.63, 3.8) is 0 Å². The van der Waals surface area contributed by atoms with Gasteiger partial charge in [-0.15, -0.1) is 11.3 Å². The van der Waals surface area contributed by atoms with Crippen LogP contribution >= 0.6 is 11.3 Å². The molecule has 114 valence electrons. The highest BCUT2D eigenvalue weighted by Gasteiger charge is 2.17. The summed E-state index contributed by atoms with van der Waals surface area (Å²) < 4.78 is 40.6. The first-order valence-electron chi connectivity index (χ1n) is 6.30. The zero-order chi connectivity index (χ0) is 15.5. The van der Waals surface area contributed by atoms with Crippen molar-refractivity contribution >= 4 is 21.4 Å².